The second-order valence-electron chi connectivity index (χ2n) is 4.80. The van der Waals surface area contributed by atoms with Crippen LogP contribution in [0.3, 0.4) is 0 Å². The van der Waals surface area contributed by atoms with E-state index < -0.39 is 0 Å². The molecule has 17 heavy (non-hydrogen) atoms. The van der Waals surface area contributed by atoms with Gasteiger partial charge in [-0.05, 0) is 30.5 Å². The summed E-state index contributed by atoms with van der Waals surface area (Å²) < 4.78 is 19.3. The smallest absolute Gasteiger partial charge is 0.124 e. The summed E-state index contributed by atoms with van der Waals surface area (Å²) in [7, 11) is 0. The van der Waals surface area contributed by atoms with Gasteiger partial charge < -0.3 is 10.5 Å². The largest absolute Gasteiger partial charge is 0.375 e. The highest BCUT2D eigenvalue weighted by molar-refractivity contribution is 9.10. The van der Waals surface area contributed by atoms with Gasteiger partial charge in [-0.25, -0.2) is 4.39 Å². The summed E-state index contributed by atoms with van der Waals surface area (Å²) in [6.07, 6.45) is 4.47. The van der Waals surface area contributed by atoms with Gasteiger partial charge in [0, 0.05) is 10.0 Å². The lowest BCUT2D eigenvalue weighted by Gasteiger charge is -2.23. The summed E-state index contributed by atoms with van der Waals surface area (Å²) in [5.74, 6) is -0.244. The summed E-state index contributed by atoms with van der Waals surface area (Å²) in [5, 5.41) is 0. The highest BCUT2D eigenvalue weighted by Crippen LogP contribution is 2.28. The second kappa shape index (κ2) is 5.46. The van der Waals surface area contributed by atoms with Crippen molar-refractivity contribution in [3.05, 3.63) is 34.1 Å². The molecule has 0 spiro atoms. The van der Waals surface area contributed by atoms with E-state index in [2.05, 4.69) is 15.9 Å². The fourth-order valence-electron chi connectivity index (χ4n) is 2.23. The van der Waals surface area contributed by atoms with Crippen molar-refractivity contribution in [3.8, 4) is 0 Å². The lowest BCUT2D eigenvalue weighted by atomic mass is 10.0. The molecule has 0 amide bonds. The SMILES string of the molecule is NC1(COCc2ccc(F)cc2Br)CCCC1. The predicted molar refractivity (Wildman–Crippen MR) is 69.1 cm³/mol. The van der Waals surface area contributed by atoms with Gasteiger partial charge in [-0.15, -0.1) is 0 Å². The van der Waals surface area contributed by atoms with E-state index in [1.54, 1.807) is 6.07 Å². The van der Waals surface area contributed by atoms with Gasteiger partial charge in [0.25, 0.3) is 0 Å². The molecule has 0 unspecified atom stereocenters. The summed E-state index contributed by atoms with van der Waals surface area (Å²) in [4.78, 5) is 0. The molecule has 2 nitrogen and oxygen atoms in total. The minimum atomic E-state index is -0.244. The molecule has 1 saturated carbocycles. The molecular formula is C13H17BrFNO. The summed E-state index contributed by atoms with van der Waals surface area (Å²) in [6.45, 7) is 1.05. The van der Waals surface area contributed by atoms with Gasteiger partial charge in [0.15, 0.2) is 0 Å². The number of halogens is 2. The second-order valence-corrected chi connectivity index (χ2v) is 5.65. The van der Waals surface area contributed by atoms with Crippen LogP contribution in [0.25, 0.3) is 0 Å². The number of hydrogen-bond acceptors (Lipinski definition) is 2. The topological polar surface area (TPSA) is 35.2 Å². The van der Waals surface area contributed by atoms with Crippen LogP contribution in [0.1, 0.15) is 31.2 Å². The van der Waals surface area contributed by atoms with Gasteiger partial charge >= 0.3 is 0 Å². The first-order valence-corrected chi connectivity index (χ1v) is 6.69. The van der Waals surface area contributed by atoms with Crippen LogP contribution in [0.5, 0.6) is 0 Å². The average Bonchev–Trinajstić information content (AvgIpc) is 2.69. The lowest BCUT2D eigenvalue weighted by Crippen LogP contribution is -2.41. The van der Waals surface area contributed by atoms with Crippen molar-refractivity contribution in [3.63, 3.8) is 0 Å². The van der Waals surface area contributed by atoms with Gasteiger partial charge in [0.05, 0.1) is 13.2 Å². The number of rotatable bonds is 4. The standard InChI is InChI=1S/C13H17BrFNO/c14-12-7-11(15)4-3-10(12)8-17-9-13(16)5-1-2-6-13/h3-4,7H,1-2,5-6,8-9,16H2. The molecule has 0 saturated heterocycles. The van der Waals surface area contributed by atoms with E-state index in [9.17, 15) is 4.39 Å². The molecule has 1 aliphatic rings. The average molecular weight is 302 g/mol. The molecule has 0 atom stereocenters. The molecule has 94 valence electrons. The highest BCUT2D eigenvalue weighted by Gasteiger charge is 2.29. The zero-order chi connectivity index (χ0) is 12.3. The molecule has 0 aliphatic heterocycles. The first kappa shape index (κ1) is 13.0. The Balaban J connectivity index is 1.85. The third-order valence-corrected chi connectivity index (χ3v) is 4.00. The van der Waals surface area contributed by atoms with Gasteiger partial charge in [0.1, 0.15) is 5.82 Å². The third kappa shape index (κ3) is 3.50. The van der Waals surface area contributed by atoms with Crippen LogP contribution in [0.15, 0.2) is 22.7 Å². The molecule has 4 heteroatoms. The number of benzene rings is 1. The Morgan fingerprint density at radius 3 is 2.71 bits per heavy atom. The zero-order valence-corrected chi connectivity index (χ0v) is 11.3. The first-order valence-electron chi connectivity index (χ1n) is 5.90. The number of ether oxygens (including phenoxy) is 1. The van der Waals surface area contributed by atoms with E-state index in [0.29, 0.717) is 13.2 Å². The van der Waals surface area contributed by atoms with Crippen molar-refractivity contribution in [1.29, 1.82) is 0 Å². The van der Waals surface area contributed by atoms with E-state index in [1.165, 1.54) is 25.0 Å². The van der Waals surface area contributed by atoms with Crippen molar-refractivity contribution in [2.75, 3.05) is 6.61 Å². The van der Waals surface area contributed by atoms with Crippen LogP contribution >= 0.6 is 15.9 Å². The summed E-state index contributed by atoms with van der Waals surface area (Å²) in [5.41, 5.74) is 6.99. The first-order chi connectivity index (χ1) is 8.09. The maximum absolute atomic E-state index is 12.9. The lowest BCUT2D eigenvalue weighted by molar-refractivity contribution is 0.0747. The Bertz CT molecular complexity index is 391. The van der Waals surface area contributed by atoms with Crippen LogP contribution in [0.4, 0.5) is 4.39 Å². The normalized spacial score (nSPS) is 18.5. The predicted octanol–water partition coefficient (Wildman–Crippen LogP) is 3.38. The molecule has 2 rings (SSSR count). The van der Waals surface area contributed by atoms with Crippen molar-refractivity contribution < 1.29 is 9.13 Å². The van der Waals surface area contributed by atoms with Crippen molar-refractivity contribution in [2.24, 2.45) is 5.73 Å². The van der Waals surface area contributed by atoms with Gasteiger partial charge in [-0.1, -0.05) is 34.8 Å². The van der Waals surface area contributed by atoms with Crippen LogP contribution in [-0.2, 0) is 11.3 Å². The Morgan fingerprint density at radius 1 is 1.35 bits per heavy atom. The monoisotopic (exact) mass is 301 g/mol. The molecule has 0 bridgehead atoms. The minimum Gasteiger partial charge on any atom is -0.375 e. The van der Waals surface area contributed by atoms with Crippen LogP contribution in [-0.4, -0.2) is 12.1 Å². The maximum Gasteiger partial charge on any atom is 0.124 e. The number of nitrogens with two attached hydrogens (primary N) is 1. The van der Waals surface area contributed by atoms with Crippen LogP contribution in [0.2, 0.25) is 0 Å². The van der Waals surface area contributed by atoms with Crippen LogP contribution in [0, 0.1) is 5.82 Å². The van der Waals surface area contributed by atoms with Gasteiger partial charge in [0.2, 0.25) is 0 Å². The molecule has 0 radical (unpaired) electrons. The molecule has 1 aromatic carbocycles. The van der Waals surface area contributed by atoms with Crippen molar-refractivity contribution >= 4 is 15.9 Å². The Morgan fingerprint density at radius 2 is 2.06 bits per heavy atom. The zero-order valence-electron chi connectivity index (χ0n) is 9.72. The third-order valence-electron chi connectivity index (χ3n) is 3.26. The fourth-order valence-corrected chi connectivity index (χ4v) is 2.69. The summed E-state index contributed by atoms with van der Waals surface area (Å²) in [6, 6.07) is 4.63. The van der Waals surface area contributed by atoms with E-state index >= 15 is 0 Å². The Labute approximate surface area is 109 Å². The van der Waals surface area contributed by atoms with Gasteiger partial charge in [-0.3, -0.25) is 0 Å². The molecule has 2 N–H and O–H groups in total. The Kier molecular flexibility index (Phi) is 4.17. The number of hydrogen-bond donors (Lipinski definition) is 1. The van der Waals surface area contributed by atoms with E-state index in [0.717, 1.165) is 22.9 Å². The van der Waals surface area contributed by atoms with Gasteiger partial charge in [-0.2, -0.15) is 0 Å². The molecule has 1 aromatic rings. The minimum absolute atomic E-state index is 0.146. The summed E-state index contributed by atoms with van der Waals surface area (Å²) >= 11 is 3.32. The molecule has 1 fully saturated rings. The fraction of sp³-hybridized carbons (Fsp3) is 0.538. The molecule has 0 aromatic heterocycles. The Hall–Kier alpha value is -0.450. The molecular weight excluding hydrogens is 285 g/mol. The highest BCUT2D eigenvalue weighted by atomic mass is 79.9. The molecule has 0 heterocycles. The van der Waals surface area contributed by atoms with Crippen molar-refractivity contribution in [1.82, 2.24) is 0 Å². The van der Waals surface area contributed by atoms with E-state index in [4.69, 9.17) is 10.5 Å². The molecule has 1 aliphatic carbocycles. The quantitative estimate of drug-likeness (QED) is 0.925. The van der Waals surface area contributed by atoms with Crippen LogP contribution < -0.4 is 5.73 Å². The van der Waals surface area contributed by atoms with E-state index in [-0.39, 0.29) is 11.4 Å². The van der Waals surface area contributed by atoms with E-state index in [1.807, 2.05) is 0 Å². The van der Waals surface area contributed by atoms with Crippen molar-refractivity contribution in [2.45, 2.75) is 37.8 Å². The maximum atomic E-state index is 12.9.